The van der Waals surface area contributed by atoms with Gasteiger partial charge in [-0.05, 0) is 75.6 Å². The smallest absolute Gasteiger partial charge is 0.338 e. The van der Waals surface area contributed by atoms with Gasteiger partial charge in [0, 0.05) is 18.8 Å². The third-order valence-electron chi connectivity index (χ3n) is 4.87. The molecule has 0 aliphatic carbocycles. The van der Waals surface area contributed by atoms with Crippen molar-refractivity contribution in [1.29, 1.82) is 0 Å². The number of piperidine rings is 1. The first-order valence-corrected chi connectivity index (χ1v) is 11.6. The van der Waals surface area contributed by atoms with Crippen molar-refractivity contribution in [3.63, 3.8) is 0 Å². The number of carbonyl (C=O) groups is 1. The summed E-state index contributed by atoms with van der Waals surface area (Å²) in [5, 5.41) is 0. The Balaban J connectivity index is 1.99. The standard InChI is InChI=1S/C22H28N2O5S/c1-16(2)29-22(25)17-7-12-20(24-13-5-4-6-14-24)21(15-17)30(26,27)23-18-8-10-19(28-3)11-9-18/h7-12,15-16,23H,4-6,13-14H2,1-3H3. The maximum Gasteiger partial charge on any atom is 0.338 e. The molecule has 0 radical (unpaired) electrons. The van der Waals surface area contributed by atoms with Crippen LogP contribution < -0.4 is 14.4 Å². The average molecular weight is 433 g/mol. The number of ether oxygens (including phenoxy) is 2. The van der Waals surface area contributed by atoms with Gasteiger partial charge >= 0.3 is 5.97 Å². The van der Waals surface area contributed by atoms with E-state index in [1.165, 1.54) is 6.07 Å². The van der Waals surface area contributed by atoms with Gasteiger partial charge in [0.25, 0.3) is 10.0 Å². The molecule has 7 nitrogen and oxygen atoms in total. The van der Waals surface area contributed by atoms with Gasteiger partial charge in [-0.3, -0.25) is 4.72 Å². The van der Waals surface area contributed by atoms with Gasteiger partial charge in [-0.15, -0.1) is 0 Å². The van der Waals surface area contributed by atoms with Crippen molar-refractivity contribution in [1.82, 2.24) is 0 Å². The van der Waals surface area contributed by atoms with Crippen molar-refractivity contribution >= 4 is 27.4 Å². The minimum atomic E-state index is -3.94. The molecule has 1 aliphatic rings. The van der Waals surface area contributed by atoms with Crippen LogP contribution in [0.4, 0.5) is 11.4 Å². The predicted octanol–water partition coefficient (Wildman–Crippen LogP) is 4.05. The fourth-order valence-electron chi connectivity index (χ4n) is 3.40. The van der Waals surface area contributed by atoms with Crippen LogP contribution in [-0.2, 0) is 14.8 Å². The molecule has 2 aromatic carbocycles. The van der Waals surface area contributed by atoms with Crippen LogP contribution in [0.15, 0.2) is 47.4 Å². The quantitative estimate of drug-likeness (QED) is 0.665. The summed E-state index contributed by atoms with van der Waals surface area (Å²) < 4.78 is 39.6. The highest BCUT2D eigenvalue weighted by atomic mass is 32.2. The lowest BCUT2D eigenvalue weighted by Crippen LogP contribution is -2.31. The number of esters is 1. The Morgan fingerprint density at radius 2 is 1.70 bits per heavy atom. The number of rotatable bonds is 7. The number of nitrogens with one attached hydrogen (secondary N) is 1. The van der Waals surface area contributed by atoms with Gasteiger partial charge < -0.3 is 14.4 Å². The molecule has 0 saturated carbocycles. The number of hydrogen-bond acceptors (Lipinski definition) is 6. The van der Waals surface area contributed by atoms with Crippen LogP contribution in [0.25, 0.3) is 0 Å². The van der Waals surface area contributed by atoms with E-state index < -0.39 is 16.0 Å². The lowest BCUT2D eigenvalue weighted by Gasteiger charge is -2.30. The number of sulfonamides is 1. The van der Waals surface area contributed by atoms with Crippen LogP contribution in [0, 0.1) is 0 Å². The van der Waals surface area contributed by atoms with Crippen molar-refractivity contribution in [2.75, 3.05) is 29.8 Å². The molecule has 8 heteroatoms. The monoisotopic (exact) mass is 432 g/mol. The number of nitrogens with zero attached hydrogens (tertiary/aromatic N) is 1. The van der Waals surface area contributed by atoms with Crippen molar-refractivity contribution in [3.05, 3.63) is 48.0 Å². The Bertz CT molecular complexity index is 981. The molecule has 0 atom stereocenters. The molecule has 1 N–H and O–H groups in total. The molecule has 1 aliphatic heterocycles. The lowest BCUT2D eigenvalue weighted by molar-refractivity contribution is 0.0377. The Hall–Kier alpha value is -2.74. The number of benzene rings is 2. The van der Waals surface area contributed by atoms with E-state index in [-0.39, 0.29) is 16.6 Å². The lowest BCUT2D eigenvalue weighted by atomic mass is 10.1. The molecule has 1 saturated heterocycles. The van der Waals surface area contributed by atoms with E-state index in [4.69, 9.17) is 9.47 Å². The first-order valence-electron chi connectivity index (χ1n) is 10.1. The summed E-state index contributed by atoms with van der Waals surface area (Å²) >= 11 is 0. The second-order valence-electron chi connectivity index (χ2n) is 7.52. The maximum atomic E-state index is 13.3. The number of carbonyl (C=O) groups excluding carboxylic acids is 1. The summed E-state index contributed by atoms with van der Waals surface area (Å²) in [6.45, 7) is 5.06. The molecule has 1 fully saturated rings. The first kappa shape index (κ1) is 22.0. The van der Waals surface area contributed by atoms with Gasteiger partial charge in [-0.1, -0.05) is 0 Å². The molecule has 0 aromatic heterocycles. The van der Waals surface area contributed by atoms with Gasteiger partial charge in [-0.25, -0.2) is 13.2 Å². The summed E-state index contributed by atoms with van der Waals surface area (Å²) in [5.41, 5.74) is 1.21. The number of methoxy groups -OCH3 is 1. The van der Waals surface area contributed by atoms with Gasteiger partial charge in [0.15, 0.2) is 0 Å². The molecular weight excluding hydrogens is 404 g/mol. The van der Waals surface area contributed by atoms with Crippen LogP contribution in [0.3, 0.4) is 0 Å². The fourth-order valence-corrected chi connectivity index (χ4v) is 4.71. The van der Waals surface area contributed by atoms with Gasteiger partial charge in [0.2, 0.25) is 0 Å². The van der Waals surface area contributed by atoms with Crippen LogP contribution in [0.2, 0.25) is 0 Å². The summed E-state index contributed by atoms with van der Waals surface area (Å²) in [6, 6.07) is 11.4. The molecule has 1 heterocycles. The molecule has 0 unspecified atom stereocenters. The molecule has 3 rings (SSSR count). The first-order chi connectivity index (χ1) is 14.3. The van der Waals surface area contributed by atoms with Gasteiger partial charge in [0.1, 0.15) is 10.6 Å². The Labute approximate surface area is 178 Å². The zero-order valence-corrected chi connectivity index (χ0v) is 18.4. The third kappa shape index (κ3) is 5.24. The van der Waals surface area contributed by atoms with E-state index >= 15 is 0 Å². The third-order valence-corrected chi connectivity index (χ3v) is 6.28. The van der Waals surface area contributed by atoms with E-state index in [0.717, 1.165) is 32.4 Å². The topological polar surface area (TPSA) is 84.9 Å². The molecule has 30 heavy (non-hydrogen) atoms. The largest absolute Gasteiger partial charge is 0.497 e. The minimum Gasteiger partial charge on any atom is -0.497 e. The van der Waals surface area contributed by atoms with Crippen LogP contribution >= 0.6 is 0 Å². The second-order valence-corrected chi connectivity index (χ2v) is 9.17. The van der Waals surface area contributed by atoms with Crippen LogP contribution in [0.1, 0.15) is 43.5 Å². The van der Waals surface area contributed by atoms with Crippen LogP contribution in [0.5, 0.6) is 5.75 Å². The van der Waals surface area contributed by atoms with E-state index in [9.17, 15) is 13.2 Å². The zero-order valence-electron chi connectivity index (χ0n) is 17.6. The second kappa shape index (κ2) is 9.38. The maximum absolute atomic E-state index is 13.3. The minimum absolute atomic E-state index is 0.0680. The number of hydrogen-bond donors (Lipinski definition) is 1. The van der Waals surface area contributed by atoms with Crippen molar-refractivity contribution < 1.29 is 22.7 Å². The van der Waals surface area contributed by atoms with Crippen molar-refractivity contribution in [2.45, 2.75) is 44.1 Å². The molecular formula is C22H28N2O5S. The van der Waals surface area contributed by atoms with E-state index in [2.05, 4.69) is 9.62 Å². The van der Waals surface area contributed by atoms with E-state index in [1.54, 1.807) is 57.4 Å². The predicted molar refractivity (Wildman–Crippen MR) is 117 cm³/mol. The van der Waals surface area contributed by atoms with Crippen molar-refractivity contribution in [2.24, 2.45) is 0 Å². The highest BCUT2D eigenvalue weighted by Crippen LogP contribution is 2.31. The van der Waals surface area contributed by atoms with Crippen molar-refractivity contribution in [3.8, 4) is 5.75 Å². The molecule has 0 bridgehead atoms. The summed E-state index contributed by atoms with van der Waals surface area (Å²) in [7, 11) is -2.39. The summed E-state index contributed by atoms with van der Waals surface area (Å²) in [4.78, 5) is 14.5. The Morgan fingerprint density at radius 1 is 1.03 bits per heavy atom. The average Bonchev–Trinajstić information content (AvgIpc) is 2.74. The number of anilines is 2. The summed E-state index contributed by atoms with van der Waals surface area (Å²) in [5.74, 6) is 0.0847. The highest BCUT2D eigenvalue weighted by molar-refractivity contribution is 7.92. The summed E-state index contributed by atoms with van der Waals surface area (Å²) in [6.07, 6.45) is 2.84. The van der Waals surface area contributed by atoms with E-state index in [0.29, 0.717) is 17.1 Å². The van der Waals surface area contributed by atoms with Crippen LogP contribution in [-0.4, -0.2) is 40.7 Å². The zero-order chi connectivity index (χ0) is 21.7. The Morgan fingerprint density at radius 3 is 2.30 bits per heavy atom. The van der Waals surface area contributed by atoms with Gasteiger partial charge in [-0.2, -0.15) is 0 Å². The highest BCUT2D eigenvalue weighted by Gasteiger charge is 2.25. The van der Waals surface area contributed by atoms with E-state index in [1.807, 2.05) is 0 Å². The van der Waals surface area contributed by atoms with Gasteiger partial charge in [0.05, 0.1) is 24.5 Å². The normalized spacial score (nSPS) is 14.5. The molecule has 0 spiro atoms. The molecule has 162 valence electrons. The Kier molecular flexibility index (Phi) is 6.87. The fraction of sp³-hybridized carbons (Fsp3) is 0.409. The molecule has 0 amide bonds. The molecule has 2 aromatic rings. The SMILES string of the molecule is COc1ccc(NS(=O)(=O)c2cc(C(=O)OC(C)C)ccc2N2CCCCC2)cc1.